The lowest BCUT2D eigenvalue weighted by atomic mass is 10.1. The van der Waals surface area contributed by atoms with Crippen LogP contribution in [0.1, 0.15) is 143 Å². The molecule has 1 heterocycles. The minimum absolute atomic E-state index is 0.0179. The zero-order valence-electron chi connectivity index (χ0n) is 25.0. The fourth-order valence-corrected chi connectivity index (χ4v) is 16.1. The van der Waals surface area contributed by atoms with Gasteiger partial charge in [-0.25, -0.2) is 0 Å². The van der Waals surface area contributed by atoms with E-state index in [0.717, 1.165) is 23.8 Å². The molecule has 37 heavy (non-hydrogen) atoms. The molecule has 0 amide bonds. The molecule has 222 valence electrons. The van der Waals surface area contributed by atoms with Crippen LogP contribution < -0.4 is 0 Å². The SMILES string of the molecule is CCCCCCCCCCC(Br)[Si]1(OC)OC(C)C(C)O[Si](CC)(CCCCCCCCCCCBr)O1. The molecule has 0 aromatic heterocycles. The van der Waals surface area contributed by atoms with Crippen LogP contribution in [0.5, 0.6) is 0 Å². The van der Waals surface area contributed by atoms with Crippen molar-refractivity contribution in [1.29, 1.82) is 0 Å². The van der Waals surface area contributed by atoms with Gasteiger partial charge in [-0.15, -0.1) is 0 Å². The van der Waals surface area contributed by atoms with E-state index in [0.29, 0.717) is 0 Å². The molecule has 1 rings (SSSR count). The predicted molar refractivity (Wildman–Crippen MR) is 171 cm³/mol. The Labute approximate surface area is 250 Å². The van der Waals surface area contributed by atoms with Crippen molar-refractivity contribution in [3.63, 3.8) is 0 Å². The molecule has 0 spiro atoms. The minimum Gasteiger partial charge on any atom is -0.392 e. The van der Waals surface area contributed by atoms with Crippen LogP contribution in [0.2, 0.25) is 12.1 Å². The average molecular weight is 689 g/mol. The highest BCUT2D eigenvalue weighted by atomic mass is 79.9. The van der Waals surface area contributed by atoms with Crippen molar-refractivity contribution in [2.75, 3.05) is 12.4 Å². The summed E-state index contributed by atoms with van der Waals surface area (Å²) in [5, 5.41) is 1.14. The molecule has 0 N–H and O–H groups in total. The predicted octanol–water partition coefficient (Wildman–Crippen LogP) is 10.6. The summed E-state index contributed by atoms with van der Waals surface area (Å²) in [5.74, 6) is 0. The smallest absolute Gasteiger partial charge is 0.392 e. The van der Waals surface area contributed by atoms with Crippen molar-refractivity contribution in [3.8, 4) is 0 Å². The van der Waals surface area contributed by atoms with Gasteiger partial charge in [-0.2, -0.15) is 0 Å². The van der Waals surface area contributed by atoms with Gasteiger partial charge in [0.05, 0.1) is 16.7 Å². The van der Waals surface area contributed by atoms with Crippen LogP contribution in [0.3, 0.4) is 0 Å². The molecule has 5 atom stereocenters. The maximum atomic E-state index is 7.05. The van der Waals surface area contributed by atoms with E-state index in [4.69, 9.17) is 17.4 Å². The van der Waals surface area contributed by atoms with Crippen LogP contribution in [0, 0.1) is 0 Å². The summed E-state index contributed by atoms with van der Waals surface area (Å²) in [7, 11) is -3.53. The van der Waals surface area contributed by atoms with E-state index < -0.39 is 17.4 Å². The van der Waals surface area contributed by atoms with Crippen LogP contribution in [0.25, 0.3) is 0 Å². The Morgan fingerprint density at radius 2 is 1.19 bits per heavy atom. The van der Waals surface area contributed by atoms with E-state index in [1.54, 1.807) is 7.11 Å². The number of rotatable bonds is 23. The molecule has 0 aromatic carbocycles. The number of alkyl halides is 2. The first-order chi connectivity index (χ1) is 17.9. The molecule has 0 aromatic rings. The van der Waals surface area contributed by atoms with Gasteiger partial charge < -0.3 is 17.4 Å². The minimum atomic E-state index is -2.90. The highest BCUT2D eigenvalue weighted by molar-refractivity contribution is 9.10. The monoisotopic (exact) mass is 686 g/mol. The third-order valence-corrected chi connectivity index (χ3v) is 18.6. The van der Waals surface area contributed by atoms with Crippen molar-refractivity contribution >= 4 is 49.2 Å². The first-order valence-corrected chi connectivity index (χ1v) is 21.8. The fourth-order valence-electron chi connectivity index (χ4n) is 5.26. The number of halogens is 2. The molecular weight excluding hydrogens is 628 g/mol. The van der Waals surface area contributed by atoms with Gasteiger partial charge in [0.25, 0.3) is 0 Å². The van der Waals surface area contributed by atoms with E-state index >= 15 is 0 Å². The normalized spacial score (nSPS) is 27.3. The molecule has 1 aliphatic heterocycles. The maximum Gasteiger partial charge on any atom is 0.506 e. The summed E-state index contributed by atoms with van der Waals surface area (Å²) in [6, 6.07) is 2.00. The van der Waals surface area contributed by atoms with E-state index in [9.17, 15) is 0 Å². The fraction of sp³-hybridized carbons (Fsp3) is 1.00. The zero-order valence-corrected chi connectivity index (χ0v) is 30.1. The Kier molecular flexibility index (Phi) is 21.5. The second-order valence-electron chi connectivity index (χ2n) is 11.2. The average Bonchev–Trinajstić information content (AvgIpc) is 3.01. The molecule has 0 bridgehead atoms. The quantitative estimate of drug-likeness (QED) is 0.0608. The van der Waals surface area contributed by atoms with Crippen LogP contribution >= 0.6 is 31.9 Å². The van der Waals surface area contributed by atoms with Gasteiger partial charge in [0.15, 0.2) is 0 Å². The Bertz CT molecular complexity index is 548. The second kappa shape index (κ2) is 21.9. The Morgan fingerprint density at radius 3 is 1.70 bits per heavy atom. The first kappa shape index (κ1) is 36.3. The van der Waals surface area contributed by atoms with Crippen molar-refractivity contribution in [2.45, 2.75) is 172 Å². The molecule has 5 unspecified atom stereocenters. The number of hydrogen-bond acceptors (Lipinski definition) is 4. The van der Waals surface area contributed by atoms with Gasteiger partial charge in [0, 0.05) is 12.4 Å². The number of hydrogen-bond donors (Lipinski definition) is 0. The Balaban J connectivity index is 2.58. The molecule has 4 nitrogen and oxygen atoms in total. The maximum absolute atomic E-state index is 7.05. The summed E-state index contributed by atoms with van der Waals surface area (Å²) in [6.07, 6.45) is 23.6. The Morgan fingerprint density at radius 1 is 0.703 bits per heavy atom. The van der Waals surface area contributed by atoms with Gasteiger partial charge in [-0.05, 0) is 38.8 Å². The molecule has 0 aliphatic carbocycles. The topological polar surface area (TPSA) is 36.9 Å². The van der Waals surface area contributed by atoms with Crippen molar-refractivity contribution in [3.05, 3.63) is 0 Å². The van der Waals surface area contributed by atoms with Gasteiger partial charge in [-0.1, -0.05) is 148 Å². The van der Waals surface area contributed by atoms with Gasteiger partial charge >= 0.3 is 17.4 Å². The molecule has 1 aliphatic rings. The van der Waals surface area contributed by atoms with E-state index in [-0.39, 0.29) is 16.7 Å². The van der Waals surface area contributed by atoms with Crippen molar-refractivity contribution in [2.24, 2.45) is 0 Å². The van der Waals surface area contributed by atoms with E-state index in [1.165, 1.54) is 109 Å². The van der Waals surface area contributed by atoms with Crippen LogP contribution in [-0.2, 0) is 17.4 Å². The summed E-state index contributed by atoms with van der Waals surface area (Å²) >= 11 is 7.53. The lowest BCUT2D eigenvalue weighted by molar-refractivity contribution is 0.0491. The molecule has 0 radical (unpaired) electrons. The van der Waals surface area contributed by atoms with Crippen LogP contribution in [0.15, 0.2) is 0 Å². The summed E-state index contributed by atoms with van der Waals surface area (Å²) in [6.45, 7) is 8.81. The number of unbranched alkanes of at least 4 members (excludes halogenated alkanes) is 15. The summed E-state index contributed by atoms with van der Waals surface area (Å²) in [4.78, 5) is 0. The van der Waals surface area contributed by atoms with E-state index in [2.05, 4.69) is 59.6 Å². The second-order valence-corrected chi connectivity index (χ2v) is 20.5. The third-order valence-electron chi connectivity index (χ3n) is 7.95. The lowest BCUT2D eigenvalue weighted by Gasteiger charge is -2.38. The summed E-state index contributed by atoms with van der Waals surface area (Å²) < 4.78 is 26.8. The zero-order chi connectivity index (χ0) is 27.4. The lowest BCUT2D eigenvalue weighted by Crippen LogP contribution is -2.60. The molecule has 1 saturated heterocycles. The Hall–Kier alpha value is 1.23. The first-order valence-electron chi connectivity index (χ1n) is 15.7. The van der Waals surface area contributed by atoms with Gasteiger partial charge in [0.2, 0.25) is 0 Å². The molecule has 0 saturated carbocycles. The highest BCUT2D eigenvalue weighted by Gasteiger charge is 2.58. The van der Waals surface area contributed by atoms with Gasteiger partial charge in [0.1, 0.15) is 0 Å². The van der Waals surface area contributed by atoms with Crippen molar-refractivity contribution < 1.29 is 17.4 Å². The highest BCUT2D eigenvalue weighted by Crippen LogP contribution is 2.38. The third kappa shape index (κ3) is 14.6. The van der Waals surface area contributed by atoms with E-state index in [1.807, 2.05) is 0 Å². The summed E-state index contributed by atoms with van der Waals surface area (Å²) in [5.41, 5.74) is 0. The van der Waals surface area contributed by atoms with Gasteiger partial charge in [-0.3, -0.25) is 0 Å². The van der Waals surface area contributed by atoms with Crippen LogP contribution in [-0.4, -0.2) is 46.5 Å². The molecule has 8 heteroatoms. The molecule has 1 fully saturated rings. The standard InChI is InChI=1S/C29H60Br2O4Si2/c1-6-8-9-10-11-15-18-21-24-29(31)37(32-5)34-28(4)27(3)33-36(7-2,35-37)26-23-20-17-14-12-13-16-19-22-25-30/h27-29H,6-26H2,1-5H3. The van der Waals surface area contributed by atoms with Crippen LogP contribution in [0.4, 0.5) is 0 Å². The van der Waals surface area contributed by atoms with Crippen molar-refractivity contribution in [1.82, 2.24) is 0 Å². The molecular formula is C29H60Br2O4Si2. The largest absolute Gasteiger partial charge is 0.506 e.